The van der Waals surface area contributed by atoms with E-state index in [1.165, 1.54) is 6.08 Å². The number of ketones is 1. The number of imidazole rings is 1. The molecule has 1 aromatic carbocycles. The lowest BCUT2D eigenvalue weighted by atomic mass is 10.0. The van der Waals surface area contributed by atoms with Crippen molar-refractivity contribution in [2.24, 2.45) is 0 Å². The zero-order valence-electron chi connectivity index (χ0n) is 17.0. The molecule has 7 nitrogen and oxygen atoms in total. The summed E-state index contributed by atoms with van der Waals surface area (Å²) in [6.07, 6.45) is 12.4. The molecule has 0 unspecified atom stereocenters. The fourth-order valence-corrected chi connectivity index (χ4v) is 3.50. The molecule has 3 aromatic rings. The van der Waals surface area contributed by atoms with Crippen LogP contribution < -0.4 is 4.74 Å². The van der Waals surface area contributed by atoms with Crippen LogP contribution in [0.25, 0.3) is 11.4 Å². The Morgan fingerprint density at radius 3 is 2.81 bits per heavy atom. The van der Waals surface area contributed by atoms with E-state index in [0.29, 0.717) is 39.9 Å². The van der Waals surface area contributed by atoms with Gasteiger partial charge in [0.1, 0.15) is 17.8 Å². The molecule has 0 radical (unpaired) electrons. The fraction of sp³-hybridized carbons (Fsp3) is 0.130. The summed E-state index contributed by atoms with van der Waals surface area (Å²) in [6.45, 7) is 5.46. The second kappa shape index (κ2) is 8.09. The first-order valence-electron chi connectivity index (χ1n) is 9.35. The number of halogens is 1. The molecule has 0 saturated heterocycles. The highest BCUT2D eigenvalue weighted by Crippen LogP contribution is 2.32. The first-order chi connectivity index (χ1) is 15.0. The van der Waals surface area contributed by atoms with E-state index in [0.717, 1.165) is 11.4 Å². The molecule has 1 aliphatic heterocycles. The third kappa shape index (κ3) is 3.47. The van der Waals surface area contributed by atoms with Gasteiger partial charge in [-0.3, -0.25) is 9.36 Å². The smallest absolute Gasteiger partial charge is 0.215 e. The van der Waals surface area contributed by atoms with Crippen LogP contribution in [0.5, 0.6) is 5.75 Å². The zero-order valence-corrected chi connectivity index (χ0v) is 17.7. The van der Waals surface area contributed by atoms with Crippen LogP contribution in [0, 0.1) is 12.3 Å². The van der Waals surface area contributed by atoms with Crippen LogP contribution in [0.1, 0.15) is 34.5 Å². The monoisotopic (exact) mass is 431 g/mol. The van der Waals surface area contributed by atoms with Crippen molar-refractivity contribution < 1.29 is 9.53 Å². The maximum atomic E-state index is 13.3. The van der Waals surface area contributed by atoms with Gasteiger partial charge in [0.15, 0.2) is 5.69 Å². The number of nitrogens with zero attached hydrogens (tertiary/aromatic N) is 5. The number of benzene rings is 1. The largest absolute Gasteiger partial charge is 0.497 e. The fourth-order valence-electron chi connectivity index (χ4n) is 3.44. The van der Waals surface area contributed by atoms with Crippen molar-refractivity contribution in [3.63, 3.8) is 0 Å². The van der Waals surface area contributed by atoms with Gasteiger partial charge in [0.05, 0.1) is 29.9 Å². The van der Waals surface area contributed by atoms with Crippen molar-refractivity contribution in [3.05, 3.63) is 82.7 Å². The molecule has 0 N–H and O–H groups in total. The van der Waals surface area contributed by atoms with Crippen LogP contribution in [0.2, 0.25) is 0 Å². The number of carbonyl (C=O) groups is 1. The number of fused-ring (bicyclic) bond motifs is 5. The van der Waals surface area contributed by atoms with Crippen LogP contribution in [-0.2, 0) is 6.42 Å². The zero-order chi connectivity index (χ0) is 22.1. The number of carbonyl (C=O) groups excluding carboxylic acids is 1. The number of rotatable bonds is 5. The molecule has 0 bridgehead atoms. The quantitative estimate of drug-likeness (QED) is 0.208. The Morgan fingerprint density at radius 2 is 2.13 bits per heavy atom. The van der Waals surface area contributed by atoms with Crippen molar-refractivity contribution in [2.75, 3.05) is 7.11 Å². The Bertz CT molecular complexity index is 1320. The molecule has 2 aromatic heterocycles. The first-order valence-corrected chi connectivity index (χ1v) is 9.73. The topological polar surface area (TPSA) is 74.8 Å². The van der Waals surface area contributed by atoms with Crippen LogP contribution in [0.4, 0.5) is 0 Å². The highest BCUT2D eigenvalue weighted by Gasteiger charge is 2.29. The summed E-state index contributed by atoms with van der Waals surface area (Å²) >= 11 is 5.91. The van der Waals surface area contributed by atoms with Crippen LogP contribution >= 0.6 is 11.6 Å². The average Bonchev–Trinajstić information content (AvgIpc) is 3.34. The number of Topliss-reactive ketones (excluding diaryl/α,β-unsaturated/α-hetero) is 1. The standard InChI is InChI=1S/C23H18ClN5O2/c1-5-15(8-7-14(3)24)23(30)22-21-12-19-17(6-2)25-13-28(19)18-10-9-16(31-4)11-20(18)29(21)27-26-22/h2,5,7-11,13H,1,12H2,3-4H3/b14-7+,15-8+. The molecule has 8 heteroatoms. The minimum Gasteiger partial charge on any atom is -0.497 e. The molecule has 1 aliphatic rings. The number of aromatic nitrogens is 5. The molecular weight excluding hydrogens is 414 g/mol. The highest BCUT2D eigenvalue weighted by atomic mass is 35.5. The maximum Gasteiger partial charge on any atom is 0.215 e. The number of hydrogen-bond donors (Lipinski definition) is 0. The summed E-state index contributed by atoms with van der Waals surface area (Å²) in [7, 11) is 1.59. The summed E-state index contributed by atoms with van der Waals surface area (Å²) in [4.78, 5) is 17.6. The summed E-state index contributed by atoms with van der Waals surface area (Å²) in [5, 5.41) is 9.03. The highest BCUT2D eigenvalue weighted by molar-refractivity contribution is 6.29. The van der Waals surface area contributed by atoms with Gasteiger partial charge in [-0.05, 0) is 37.1 Å². The minimum absolute atomic E-state index is 0.207. The number of terminal acetylenes is 1. The van der Waals surface area contributed by atoms with E-state index in [9.17, 15) is 4.79 Å². The molecule has 0 spiro atoms. The van der Waals surface area contributed by atoms with Gasteiger partial charge >= 0.3 is 0 Å². The van der Waals surface area contributed by atoms with Crippen LogP contribution in [0.3, 0.4) is 0 Å². The summed E-state index contributed by atoms with van der Waals surface area (Å²) in [6, 6.07) is 5.56. The summed E-state index contributed by atoms with van der Waals surface area (Å²) < 4.78 is 8.93. The van der Waals surface area contributed by atoms with E-state index >= 15 is 0 Å². The Labute approximate surface area is 184 Å². The lowest BCUT2D eigenvalue weighted by Gasteiger charge is -2.11. The van der Waals surface area contributed by atoms with E-state index in [-0.39, 0.29) is 11.5 Å². The third-order valence-corrected chi connectivity index (χ3v) is 5.09. The third-order valence-electron chi connectivity index (χ3n) is 4.96. The van der Waals surface area contributed by atoms with E-state index in [1.807, 2.05) is 22.8 Å². The van der Waals surface area contributed by atoms with E-state index in [4.69, 9.17) is 22.8 Å². The Balaban J connectivity index is 1.95. The van der Waals surface area contributed by atoms with E-state index < -0.39 is 0 Å². The second-order valence-electron chi connectivity index (χ2n) is 6.79. The molecule has 0 saturated carbocycles. The molecule has 3 heterocycles. The maximum absolute atomic E-state index is 13.3. The molecular formula is C23H18ClN5O2. The van der Waals surface area contributed by atoms with Gasteiger partial charge < -0.3 is 4.74 Å². The Morgan fingerprint density at radius 1 is 1.32 bits per heavy atom. The molecule has 4 rings (SSSR count). The van der Waals surface area contributed by atoms with Gasteiger partial charge in [0, 0.05) is 23.1 Å². The number of methoxy groups -OCH3 is 1. The van der Waals surface area contributed by atoms with Crippen LogP contribution in [-0.4, -0.2) is 37.4 Å². The predicted molar refractivity (Wildman–Crippen MR) is 118 cm³/mol. The van der Waals surface area contributed by atoms with Crippen molar-refractivity contribution in [1.29, 1.82) is 0 Å². The van der Waals surface area contributed by atoms with Crippen molar-refractivity contribution in [3.8, 4) is 29.5 Å². The van der Waals surface area contributed by atoms with Gasteiger partial charge in [0.2, 0.25) is 5.78 Å². The minimum atomic E-state index is -0.315. The normalized spacial score (nSPS) is 12.8. The molecule has 154 valence electrons. The molecule has 0 aliphatic carbocycles. The first kappa shape index (κ1) is 20.4. The van der Waals surface area contributed by atoms with Crippen molar-refractivity contribution in [2.45, 2.75) is 13.3 Å². The molecule has 0 atom stereocenters. The van der Waals surface area contributed by atoms with E-state index in [1.54, 1.807) is 37.2 Å². The molecule has 0 fully saturated rings. The van der Waals surface area contributed by atoms with Gasteiger partial charge in [-0.2, -0.15) is 0 Å². The van der Waals surface area contributed by atoms with E-state index in [2.05, 4.69) is 27.8 Å². The summed E-state index contributed by atoms with van der Waals surface area (Å²) in [5.74, 6) is 2.94. The van der Waals surface area contributed by atoms with Gasteiger partial charge in [0.25, 0.3) is 0 Å². The van der Waals surface area contributed by atoms with Gasteiger partial charge in [-0.15, -0.1) is 11.5 Å². The lowest BCUT2D eigenvalue weighted by Crippen LogP contribution is -2.09. The van der Waals surface area contributed by atoms with Gasteiger partial charge in [-0.25, -0.2) is 9.67 Å². The van der Waals surface area contributed by atoms with Crippen LogP contribution in [0.15, 0.2) is 59.9 Å². The Kier molecular flexibility index (Phi) is 5.32. The number of allylic oxidation sites excluding steroid dienone is 5. The SMILES string of the molecule is C#Cc1ncn2c1Cc1c(C(=O)/C(C=C)=C/C=C(\C)Cl)nnn1-c1cc(OC)ccc1-2. The number of hydrogen-bond acceptors (Lipinski definition) is 5. The number of ether oxygens (including phenoxy) is 1. The average molecular weight is 432 g/mol. The predicted octanol–water partition coefficient (Wildman–Crippen LogP) is 3.78. The summed E-state index contributed by atoms with van der Waals surface area (Å²) in [5.41, 5.74) is 3.91. The Hall–Kier alpha value is -3.89. The molecule has 31 heavy (non-hydrogen) atoms. The second-order valence-corrected chi connectivity index (χ2v) is 7.39. The van der Waals surface area contributed by atoms with Gasteiger partial charge in [-0.1, -0.05) is 29.5 Å². The lowest BCUT2D eigenvalue weighted by molar-refractivity contribution is 0.103. The molecule has 0 amide bonds. The van der Waals surface area contributed by atoms with Crippen molar-refractivity contribution in [1.82, 2.24) is 24.5 Å². The van der Waals surface area contributed by atoms with Crippen molar-refractivity contribution >= 4 is 17.4 Å².